The molecule has 34 heavy (non-hydrogen) atoms. The number of anilines is 1. The molecule has 1 aromatic carbocycles. The van der Waals surface area contributed by atoms with Crippen molar-refractivity contribution < 1.29 is 4.43 Å². The first-order valence-electron chi connectivity index (χ1n) is 12.4. The van der Waals surface area contributed by atoms with E-state index >= 15 is 0 Å². The van der Waals surface area contributed by atoms with E-state index in [0.29, 0.717) is 18.7 Å². The second-order valence-corrected chi connectivity index (χ2v) is 17.0. The van der Waals surface area contributed by atoms with Crippen LogP contribution in [0.1, 0.15) is 70.9 Å². The molecular weight excluding hydrogens is 485 g/mol. The Balaban J connectivity index is 1.41. The van der Waals surface area contributed by atoms with Crippen molar-refractivity contribution >= 4 is 37.2 Å². The van der Waals surface area contributed by atoms with Crippen molar-refractivity contribution in [1.29, 1.82) is 0 Å². The molecule has 186 valence electrons. The normalized spacial score (nSPS) is 21.5. The van der Waals surface area contributed by atoms with Crippen molar-refractivity contribution in [3.8, 4) is 0 Å². The summed E-state index contributed by atoms with van der Waals surface area (Å²) in [4.78, 5) is 15.1. The maximum absolute atomic E-state index is 12.5. The Morgan fingerprint density at radius 3 is 2.12 bits per heavy atom. The van der Waals surface area contributed by atoms with Crippen LogP contribution in [0.25, 0.3) is 0 Å². The molecule has 0 spiro atoms. The molecule has 0 amide bonds. The van der Waals surface area contributed by atoms with Crippen molar-refractivity contribution in [2.45, 2.75) is 102 Å². The molecule has 2 aliphatic carbocycles. The monoisotopic (exact) mass is 521 g/mol. The minimum atomic E-state index is -1.76. The number of halogens is 2. The van der Waals surface area contributed by atoms with Gasteiger partial charge in [0.15, 0.2) is 8.32 Å². The molecule has 0 saturated heterocycles. The summed E-state index contributed by atoms with van der Waals surface area (Å²) in [5.74, 6) is 0. The van der Waals surface area contributed by atoms with Crippen LogP contribution in [0.4, 0.5) is 5.69 Å². The van der Waals surface area contributed by atoms with Crippen LogP contribution in [-0.2, 0) is 11.0 Å². The second kappa shape index (κ2) is 9.96. The van der Waals surface area contributed by atoms with Crippen molar-refractivity contribution in [1.82, 2.24) is 9.78 Å². The average Bonchev–Trinajstić information content (AvgIpc) is 3.62. The van der Waals surface area contributed by atoms with Gasteiger partial charge in [0.05, 0.1) is 23.9 Å². The topological polar surface area (TPSA) is 47.4 Å². The Morgan fingerprint density at radius 1 is 1.03 bits per heavy atom. The van der Waals surface area contributed by atoms with Crippen LogP contribution < -0.4 is 10.5 Å². The molecule has 0 aliphatic heterocycles. The third-order valence-electron chi connectivity index (χ3n) is 7.89. The van der Waals surface area contributed by atoms with Gasteiger partial charge in [-0.2, -0.15) is 5.10 Å². The molecule has 0 atom stereocenters. The van der Waals surface area contributed by atoms with Gasteiger partial charge in [0.1, 0.15) is 5.02 Å². The van der Waals surface area contributed by atoms with E-state index in [1.54, 1.807) is 0 Å². The standard InChI is InChI=1S/C26H37Cl2N3O2Si/c1-26(2,3)34(4,5)33-17-18-6-8-19(9-7-18)30(20-10-11-20)21-12-14-22(15-13-21)31-25(32)24(28)23(27)16-29-31/h6-9,16,20-22H,10-15,17H2,1-5H3. The van der Waals surface area contributed by atoms with Crippen LogP contribution in [-0.4, -0.2) is 30.2 Å². The van der Waals surface area contributed by atoms with Crippen molar-refractivity contribution in [2.24, 2.45) is 0 Å². The van der Waals surface area contributed by atoms with E-state index in [9.17, 15) is 4.79 Å². The van der Waals surface area contributed by atoms with E-state index < -0.39 is 8.32 Å². The van der Waals surface area contributed by atoms with E-state index in [1.165, 1.54) is 35.0 Å². The van der Waals surface area contributed by atoms with Gasteiger partial charge in [0, 0.05) is 17.8 Å². The summed E-state index contributed by atoms with van der Waals surface area (Å²) in [5.41, 5.74) is 2.25. The molecule has 0 radical (unpaired) electrons. The Kier molecular flexibility index (Phi) is 7.54. The zero-order valence-corrected chi connectivity index (χ0v) is 23.5. The molecule has 1 heterocycles. The average molecular weight is 523 g/mol. The minimum absolute atomic E-state index is 0.0658. The summed E-state index contributed by atoms with van der Waals surface area (Å²) in [6.45, 7) is 12.1. The highest BCUT2D eigenvalue weighted by molar-refractivity contribution is 6.74. The number of rotatable bonds is 7. The van der Waals surface area contributed by atoms with Crippen LogP contribution in [0.15, 0.2) is 35.3 Å². The Morgan fingerprint density at radius 2 is 1.59 bits per heavy atom. The van der Waals surface area contributed by atoms with Gasteiger partial charge in [-0.25, -0.2) is 4.68 Å². The van der Waals surface area contributed by atoms with Crippen molar-refractivity contribution in [3.05, 3.63) is 56.4 Å². The fourth-order valence-corrected chi connectivity index (χ4v) is 5.80. The van der Waals surface area contributed by atoms with Crippen LogP contribution in [0.3, 0.4) is 0 Å². The highest BCUT2D eigenvalue weighted by Gasteiger charge is 2.38. The van der Waals surface area contributed by atoms with Gasteiger partial charge in [-0.05, 0) is 74.4 Å². The highest BCUT2D eigenvalue weighted by atomic mass is 35.5. The molecule has 0 N–H and O–H groups in total. The van der Waals surface area contributed by atoms with Gasteiger partial charge in [-0.15, -0.1) is 0 Å². The molecule has 2 aromatic rings. The zero-order chi connectivity index (χ0) is 24.7. The second-order valence-electron chi connectivity index (χ2n) is 11.4. The SMILES string of the molecule is CC(C)(C)[Si](C)(C)OCc1ccc(N(C2CC2)C2CCC(n3ncc(Cl)c(Cl)c3=O)CC2)cc1. The lowest BCUT2D eigenvalue weighted by atomic mass is 9.89. The lowest BCUT2D eigenvalue weighted by Gasteiger charge is -2.39. The lowest BCUT2D eigenvalue weighted by Crippen LogP contribution is -2.41. The lowest BCUT2D eigenvalue weighted by molar-refractivity contribution is 0.276. The van der Waals surface area contributed by atoms with Gasteiger partial charge >= 0.3 is 0 Å². The summed E-state index contributed by atoms with van der Waals surface area (Å²) in [7, 11) is -1.76. The van der Waals surface area contributed by atoms with E-state index in [1.807, 2.05) is 0 Å². The minimum Gasteiger partial charge on any atom is -0.413 e. The molecule has 2 saturated carbocycles. The summed E-state index contributed by atoms with van der Waals surface area (Å²) < 4.78 is 7.94. The predicted octanol–water partition coefficient (Wildman–Crippen LogP) is 7.22. The molecule has 8 heteroatoms. The molecule has 4 rings (SSSR count). The Bertz CT molecular complexity index is 1050. The van der Waals surface area contributed by atoms with Crippen LogP contribution in [0.5, 0.6) is 0 Å². The quantitative estimate of drug-likeness (QED) is 0.360. The van der Waals surface area contributed by atoms with Gasteiger partial charge < -0.3 is 9.33 Å². The van der Waals surface area contributed by atoms with E-state index in [2.05, 4.69) is 68.1 Å². The smallest absolute Gasteiger partial charge is 0.287 e. The van der Waals surface area contributed by atoms with Crippen LogP contribution >= 0.6 is 23.2 Å². The fraction of sp³-hybridized carbons (Fsp3) is 0.615. The molecule has 2 fully saturated rings. The van der Waals surface area contributed by atoms with Crippen molar-refractivity contribution in [2.75, 3.05) is 4.90 Å². The van der Waals surface area contributed by atoms with E-state index in [4.69, 9.17) is 27.6 Å². The predicted molar refractivity (Wildman–Crippen MR) is 144 cm³/mol. The van der Waals surface area contributed by atoms with Crippen LogP contribution in [0, 0.1) is 0 Å². The first-order valence-corrected chi connectivity index (χ1v) is 16.1. The summed E-state index contributed by atoms with van der Waals surface area (Å²) in [6, 6.07) is 10.2. The molecule has 0 bridgehead atoms. The molecule has 2 aliphatic rings. The van der Waals surface area contributed by atoms with Crippen LogP contribution in [0.2, 0.25) is 28.2 Å². The van der Waals surface area contributed by atoms with Crippen molar-refractivity contribution in [3.63, 3.8) is 0 Å². The van der Waals surface area contributed by atoms with Gasteiger partial charge in [-0.1, -0.05) is 56.1 Å². The number of nitrogens with zero attached hydrogens (tertiary/aromatic N) is 3. The van der Waals surface area contributed by atoms with Gasteiger partial charge in [0.2, 0.25) is 0 Å². The first-order chi connectivity index (χ1) is 16.0. The third kappa shape index (κ3) is 5.56. The highest BCUT2D eigenvalue weighted by Crippen LogP contribution is 2.40. The largest absolute Gasteiger partial charge is 0.413 e. The Hall–Kier alpha value is -1.34. The van der Waals surface area contributed by atoms with Gasteiger partial charge in [-0.3, -0.25) is 4.79 Å². The maximum Gasteiger partial charge on any atom is 0.287 e. The van der Waals surface area contributed by atoms with E-state index in [-0.39, 0.29) is 26.7 Å². The third-order valence-corrected chi connectivity index (χ3v) is 13.1. The molecule has 0 unspecified atom stereocenters. The Labute approximate surface area is 214 Å². The molecule has 1 aromatic heterocycles. The summed E-state index contributed by atoms with van der Waals surface area (Å²) in [5, 5.41) is 4.76. The number of hydrogen-bond acceptors (Lipinski definition) is 4. The molecular formula is C26H37Cl2N3O2Si. The zero-order valence-electron chi connectivity index (χ0n) is 21.0. The first kappa shape index (κ1) is 25.7. The number of benzene rings is 1. The summed E-state index contributed by atoms with van der Waals surface area (Å²) >= 11 is 12.0. The maximum atomic E-state index is 12.5. The number of aromatic nitrogens is 2. The summed E-state index contributed by atoms with van der Waals surface area (Å²) in [6.07, 6.45) is 7.88. The molecule has 5 nitrogen and oxygen atoms in total. The van der Waals surface area contributed by atoms with Gasteiger partial charge in [0.25, 0.3) is 5.56 Å². The number of hydrogen-bond donors (Lipinski definition) is 0. The van der Waals surface area contributed by atoms with E-state index in [0.717, 1.165) is 25.7 Å². The fourth-order valence-electron chi connectivity index (χ4n) is 4.58.